The molecule has 6 heteroatoms. The van der Waals surface area contributed by atoms with Gasteiger partial charge in [-0.3, -0.25) is 4.98 Å². The first-order valence-electron chi connectivity index (χ1n) is 4.44. The number of nitrogens with zero attached hydrogens (tertiary/aromatic N) is 1. The number of aromatic nitrogens is 3. The summed E-state index contributed by atoms with van der Waals surface area (Å²) in [5.41, 5.74) is 1.01. The number of aromatic amines is 2. The number of esters is 1. The number of carbonyl (C=O) groups excluding carboxylic acids is 1. The molecule has 0 saturated heterocycles. The summed E-state index contributed by atoms with van der Waals surface area (Å²) in [5, 5.41) is 1.01. The van der Waals surface area contributed by atoms with Crippen LogP contribution < -0.4 is 4.98 Å². The summed E-state index contributed by atoms with van der Waals surface area (Å²) < 4.78 is 4.85. The Hall–Kier alpha value is -1.62. The van der Waals surface area contributed by atoms with Gasteiger partial charge < -0.3 is 4.74 Å². The smallest absolute Gasteiger partial charge is 0.370 e. The van der Waals surface area contributed by atoms with Crippen LogP contribution in [0.25, 0.3) is 11.0 Å². The molecule has 0 atom stereocenters. The highest BCUT2D eigenvalue weighted by molar-refractivity contribution is 6.33. The second kappa shape index (κ2) is 3.86. The summed E-state index contributed by atoms with van der Waals surface area (Å²) in [7, 11) is 0. The van der Waals surface area contributed by atoms with E-state index in [0.717, 1.165) is 0 Å². The molecule has 0 aromatic carbocycles. The lowest BCUT2D eigenvalue weighted by Gasteiger charge is -1.94. The van der Waals surface area contributed by atoms with Crippen LogP contribution in [0.3, 0.4) is 0 Å². The molecule has 0 amide bonds. The molecule has 0 aliphatic carbocycles. The third-order valence-corrected chi connectivity index (χ3v) is 2.22. The van der Waals surface area contributed by atoms with Crippen LogP contribution in [-0.4, -0.2) is 22.5 Å². The maximum Gasteiger partial charge on any atom is 0.370 e. The number of H-pyrrole nitrogens is 2. The molecular formula is C9H9ClN3O2+. The average molecular weight is 227 g/mol. The predicted molar refractivity (Wildman–Crippen MR) is 53.6 cm³/mol. The molecule has 2 rings (SSSR count). The van der Waals surface area contributed by atoms with Gasteiger partial charge in [0, 0.05) is 6.07 Å². The normalized spacial score (nSPS) is 10.5. The number of carbonyl (C=O) groups is 1. The van der Waals surface area contributed by atoms with E-state index in [9.17, 15) is 4.79 Å². The standard InChI is InChI=1S/C9H8ClN3O2/c1-2-15-9(14)6-3-5-7(10)11-4-12-8(5)13-6/h3-4H,2H2,1H3,(H,11,12,13)/p+1. The lowest BCUT2D eigenvalue weighted by molar-refractivity contribution is -0.352. The highest BCUT2D eigenvalue weighted by Gasteiger charge is 2.17. The molecule has 0 fully saturated rings. The Labute approximate surface area is 90.4 Å². The van der Waals surface area contributed by atoms with Gasteiger partial charge in [0.2, 0.25) is 17.1 Å². The fourth-order valence-corrected chi connectivity index (χ4v) is 1.47. The van der Waals surface area contributed by atoms with Gasteiger partial charge in [0.25, 0.3) is 0 Å². The van der Waals surface area contributed by atoms with Crippen LogP contribution in [0.2, 0.25) is 5.15 Å². The Bertz CT molecular complexity index is 509. The molecule has 0 bridgehead atoms. The maximum absolute atomic E-state index is 11.4. The Morgan fingerprint density at radius 1 is 1.73 bits per heavy atom. The number of fused-ring (bicyclic) bond motifs is 1. The molecule has 15 heavy (non-hydrogen) atoms. The number of hydrogen-bond donors (Lipinski definition) is 1. The maximum atomic E-state index is 11.4. The monoisotopic (exact) mass is 226 g/mol. The van der Waals surface area contributed by atoms with Crippen molar-refractivity contribution in [2.45, 2.75) is 6.92 Å². The molecular weight excluding hydrogens is 218 g/mol. The minimum Gasteiger partial charge on any atom is -0.460 e. The number of hydrogen-bond acceptors (Lipinski definition) is 3. The van der Waals surface area contributed by atoms with Crippen molar-refractivity contribution < 1.29 is 14.5 Å². The van der Waals surface area contributed by atoms with Crippen LogP contribution in [0, 0.1) is 0 Å². The Morgan fingerprint density at radius 3 is 3.20 bits per heavy atom. The van der Waals surface area contributed by atoms with Crippen molar-refractivity contribution in [3.05, 3.63) is 23.2 Å². The zero-order valence-electron chi connectivity index (χ0n) is 8.00. The fourth-order valence-electron chi connectivity index (χ4n) is 1.27. The lowest BCUT2D eigenvalue weighted by Crippen LogP contribution is -2.06. The van der Waals surface area contributed by atoms with E-state index in [-0.39, 0.29) is 0 Å². The van der Waals surface area contributed by atoms with Gasteiger partial charge in [-0.05, 0) is 18.5 Å². The largest absolute Gasteiger partial charge is 0.460 e. The van der Waals surface area contributed by atoms with E-state index in [1.54, 1.807) is 13.0 Å². The zero-order valence-corrected chi connectivity index (χ0v) is 8.76. The summed E-state index contributed by atoms with van der Waals surface area (Å²) in [5.74, 6) is -0.404. The molecule has 2 aromatic rings. The van der Waals surface area contributed by atoms with E-state index >= 15 is 0 Å². The highest BCUT2D eigenvalue weighted by atomic mass is 35.5. The van der Waals surface area contributed by atoms with Gasteiger partial charge in [-0.2, -0.15) is 0 Å². The van der Waals surface area contributed by atoms with Crippen molar-refractivity contribution in [3.8, 4) is 0 Å². The first-order chi connectivity index (χ1) is 7.22. The van der Waals surface area contributed by atoms with Crippen LogP contribution in [0.5, 0.6) is 0 Å². The molecule has 5 nitrogen and oxygen atoms in total. The van der Waals surface area contributed by atoms with Crippen molar-refractivity contribution in [2.75, 3.05) is 6.61 Å². The predicted octanol–water partition coefficient (Wildman–Crippen LogP) is 1.21. The van der Waals surface area contributed by atoms with Crippen LogP contribution >= 0.6 is 11.6 Å². The summed E-state index contributed by atoms with van der Waals surface area (Å²) in [6.07, 6.45) is 1.45. The van der Waals surface area contributed by atoms with Crippen molar-refractivity contribution in [2.24, 2.45) is 0 Å². The van der Waals surface area contributed by atoms with E-state index < -0.39 is 5.97 Å². The minimum absolute atomic E-state index is 0.337. The first-order valence-corrected chi connectivity index (χ1v) is 4.82. The molecule has 0 aliphatic rings. The SMILES string of the molecule is CCOC(=O)c1cc2c(Cl)nc[nH+]c2[nH]1. The summed E-state index contributed by atoms with van der Waals surface area (Å²) >= 11 is 5.85. The van der Waals surface area contributed by atoms with Gasteiger partial charge in [0.15, 0.2) is 5.69 Å². The number of rotatable bonds is 2. The number of halogens is 1. The van der Waals surface area contributed by atoms with Crippen molar-refractivity contribution in [1.82, 2.24) is 9.97 Å². The van der Waals surface area contributed by atoms with E-state index in [1.807, 2.05) is 0 Å². The summed E-state index contributed by atoms with van der Waals surface area (Å²) in [6.45, 7) is 2.09. The molecule has 2 N–H and O–H groups in total. The summed E-state index contributed by atoms with van der Waals surface area (Å²) in [6, 6.07) is 1.61. The molecule has 0 radical (unpaired) electrons. The summed E-state index contributed by atoms with van der Waals surface area (Å²) in [4.78, 5) is 21.0. The van der Waals surface area contributed by atoms with Gasteiger partial charge in [-0.15, -0.1) is 0 Å². The van der Waals surface area contributed by atoms with E-state index in [1.165, 1.54) is 6.33 Å². The second-order valence-electron chi connectivity index (χ2n) is 2.89. The van der Waals surface area contributed by atoms with Gasteiger partial charge >= 0.3 is 5.97 Å². The molecule has 0 aliphatic heterocycles. The van der Waals surface area contributed by atoms with E-state index in [2.05, 4.69) is 15.0 Å². The molecule has 2 heterocycles. The van der Waals surface area contributed by atoms with Crippen LogP contribution in [-0.2, 0) is 4.74 Å². The highest BCUT2D eigenvalue weighted by Crippen LogP contribution is 2.18. The first kappa shape index (κ1) is 9.92. The van der Waals surface area contributed by atoms with Gasteiger partial charge in [-0.1, -0.05) is 4.98 Å². The van der Waals surface area contributed by atoms with Crippen molar-refractivity contribution in [1.29, 1.82) is 0 Å². The lowest BCUT2D eigenvalue weighted by atomic mass is 10.3. The molecule has 78 valence electrons. The van der Waals surface area contributed by atoms with Crippen LogP contribution in [0.1, 0.15) is 17.4 Å². The number of ether oxygens (including phenoxy) is 1. The zero-order chi connectivity index (χ0) is 10.8. The Morgan fingerprint density at radius 2 is 2.53 bits per heavy atom. The average Bonchev–Trinajstić information content (AvgIpc) is 2.63. The van der Waals surface area contributed by atoms with Crippen LogP contribution in [0.4, 0.5) is 0 Å². The molecule has 0 unspecified atom stereocenters. The molecule has 0 saturated carbocycles. The van der Waals surface area contributed by atoms with Crippen LogP contribution in [0.15, 0.2) is 12.4 Å². The van der Waals surface area contributed by atoms with E-state index in [4.69, 9.17) is 16.3 Å². The van der Waals surface area contributed by atoms with Gasteiger partial charge in [0.1, 0.15) is 5.39 Å². The van der Waals surface area contributed by atoms with Crippen molar-refractivity contribution in [3.63, 3.8) is 0 Å². The second-order valence-corrected chi connectivity index (χ2v) is 3.24. The van der Waals surface area contributed by atoms with Crippen molar-refractivity contribution >= 4 is 28.6 Å². The quantitative estimate of drug-likeness (QED) is 0.618. The minimum atomic E-state index is -0.404. The third-order valence-electron chi connectivity index (χ3n) is 1.92. The van der Waals surface area contributed by atoms with E-state index in [0.29, 0.717) is 28.5 Å². The number of nitrogens with one attached hydrogen (secondary N) is 2. The van der Waals surface area contributed by atoms with Gasteiger partial charge in [0.05, 0.1) is 6.61 Å². The topological polar surface area (TPSA) is 69.1 Å². The Balaban J connectivity index is 2.47. The van der Waals surface area contributed by atoms with Gasteiger partial charge in [-0.25, -0.2) is 9.78 Å². The molecule has 0 spiro atoms. The molecule has 2 aromatic heterocycles. The third kappa shape index (κ3) is 1.78. The Kier molecular flexibility index (Phi) is 2.55. The fraction of sp³-hybridized carbons (Fsp3) is 0.222.